The number of nitrogens with zero attached hydrogens (tertiary/aromatic N) is 3. The fourth-order valence-electron chi connectivity index (χ4n) is 3.50. The quantitative estimate of drug-likeness (QED) is 0.452. The highest BCUT2D eigenvalue weighted by molar-refractivity contribution is 5.72. The first-order valence-electron chi connectivity index (χ1n) is 9.71. The molecule has 1 aromatic carbocycles. The minimum atomic E-state index is 0.166. The Labute approximate surface area is 167 Å². The maximum Gasteiger partial charge on any atom is 0.189 e. The van der Waals surface area contributed by atoms with Gasteiger partial charge in [0.05, 0.1) is 5.69 Å². The van der Waals surface area contributed by atoms with Gasteiger partial charge < -0.3 is 19.7 Å². The Morgan fingerprint density at radius 3 is 2.86 bits per heavy atom. The molecule has 1 saturated heterocycles. The van der Waals surface area contributed by atoms with Crippen molar-refractivity contribution in [2.24, 2.45) is 0 Å². The first-order chi connectivity index (χ1) is 13.6. The van der Waals surface area contributed by atoms with Crippen LogP contribution in [0.25, 0.3) is 11.3 Å². The van der Waals surface area contributed by atoms with E-state index in [1.807, 2.05) is 38.1 Å². The molecule has 0 bridgehead atoms. The van der Waals surface area contributed by atoms with Gasteiger partial charge in [-0.05, 0) is 70.1 Å². The molecule has 0 aliphatic carbocycles. The van der Waals surface area contributed by atoms with Crippen LogP contribution in [0.1, 0.15) is 30.9 Å². The number of likely N-dealkylation sites (N-methyl/N-ethyl adjacent to an activating group) is 1. The molecule has 1 atom stereocenters. The maximum absolute atomic E-state index is 5.81. The van der Waals surface area contributed by atoms with Crippen molar-refractivity contribution in [2.75, 3.05) is 38.9 Å². The van der Waals surface area contributed by atoms with Crippen LogP contribution in [-0.4, -0.2) is 54.7 Å². The molecule has 1 aliphatic rings. The molecule has 0 saturated carbocycles. The highest BCUT2D eigenvalue weighted by Crippen LogP contribution is 2.33. The van der Waals surface area contributed by atoms with Crippen LogP contribution in [0.4, 0.5) is 5.82 Å². The average Bonchev–Trinajstić information content (AvgIpc) is 2.69. The molecule has 1 fully saturated rings. The van der Waals surface area contributed by atoms with E-state index in [-0.39, 0.29) is 6.79 Å². The number of hydrogen-bond acceptors (Lipinski definition) is 6. The monoisotopic (exact) mass is 380 g/mol. The third-order valence-corrected chi connectivity index (χ3v) is 4.87. The Hall–Kier alpha value is -2.62. The summed E-state index contributed by atoms with van der Waals surface area (Å²) in [4.78, 5) is 2.33. The molecule has 2 heterocycles. The van der Waals surface area contributed by atoms with Gasteiger partial charge in [0.2, 0.25) is 0 Å². The van der Waals surface area contributed by atoms with Crippen molar-refractivity contribution in [2.45, 2.75) is 32.7 Å². The van der Waals surface area contributed by atoms with E-state index in [2.05, 4.69) is 33.4 Å². The number of rotatable bonds is 7. The fraction of sp³-hybridized carbons (Fsp3) is 0.455. The van der Waals surface area contributed by atoms with Crippen LogP contribution in [0.2, 0.25) is 0 Å². The molecule has 1 unspecified atom stereocenters. The van der Waals surface area contributed by atoms with Gasteiger partial charge in [0.25, 0.3) is 0 Å². The predicted molar refractivity (Wildman–Crippen MR) is 111 cm³/mol. The van der Waals surface area contributed by atoms with E-state index in [9.17, 15) is 0 Å². The van der Waals surface area contributed by atoms with Gasteiger partial charge in [0.15, 0.2) is 6.79 Å². The second kappa shape index (κ2) is 9.54. The summed E-state index contributed by atoms with van der Waals surface area (Å²) < 4.78 is 11.1. The second-order valence-corrected chi connectivity index (χ2v) is 7.12. The highest BCUT2D eigenvalue weighted by Gasteiger charge is 2.18. The van der Waals surface area contributed by atoms with Crippen molar-refractivity contribution in [3.05, 3.63) is 35.4 Å². The zero-order chi connectivity index (χ0) is 19.9. The van der Waals surface area contributed by atoms with Crippen LogP contribution >= 0.6 is 0 Å². The molecule has 2 aromatic rings. The Balaban J connectivity index is 1.81. The summed E-state index contributed by atoms with van der Waals surface area (Å²) in [6.45, 7) is 6.84. The molecule has 148 valence electrons. The number of anilines is 1. The van der Waals surface area contributed by atoms with Gasteiger partial charge in [0, 0.05) is 30.3 Å². The molecule has 1 N–H and O–H groups in total. The standard InChI is InChI=1S/C22H28N4O2/c1-5-17-12-16(3)22(20(13-17)28-15-27-6-2)19-9-10-21(25-24-19)23-18-8-7-11-26(4)14-18/h1,9-10,12-13,18H,6-8,11,14-15H2,2-4H3,(H,23,25). The molecule has 28 heavy (non-hydrogen) atoms. The lowest BCUT2D eigenvalue weighted by molar-refractivity contribution is 0.0227. The smallest absolute Gasteiger partial charge is 0.189 e. The zero-order valence-corrected chi connectivity index (χ0v) is 16.9. The maximum atomic E-state index is 5.81. The first kappa shape index (κ1) is 20.1. The summed E-state index contributed by atoms with van der Waals surface area (Å²) >= 11 is 0. The van der Waals surface area contributed by atoms with E-state index in [4.69, 9.17) is 15.9 Å². The molecule has 0 spiro atoms. The minimum Gasteiger partial charge on any atom is -0.467 e. The van der Waals surface area contributed by atoms with Crippen molar-refractivity contribution in [3.8, 4) is 29.4 Å². The van der Waals surface area contributed by atoms with Gasteiger partial charge in [-0.2, -0.15) is 0 Å². The summed E-state index contributed by atoms with van der Waals surface area (Å²) in [5.74, 6) is 4.11. The normalized spacial score (nSPS) is 17.1. The highest BCUT2D eigenvalue weighted by atomic mass is 16.7. The second-order valence-electron chi connectivity index (χ2n) is 7.12. The molecule has 1 aliphatic heterocycles. The van der Waals surface area contributed by atoms with E-state index < -0.39 is 0 Å². The lowest BCUT2D eigenvalue weighted by Gasteiger charge is -2.30. The molecule has 3 rings (SSSR count). The van der Waals surface area contributed by atoms with Crippen molar-refractivity contribution in [3.63, 3.8) is 0 Å². The van der Waals surface area contributed by atoms with Gasteiger partial charge >= 0.3 is 0 Å². The van der Waals surface area contributed by atoms with Gasteiger partial charge in [0.1, 0.15) is 11.6 Å². The number of piperidine rings is 1. The summed E-state index contributed by atoms with van der Waals surface area (Å²) in [6.07, 6.45) is 7.92. The van der Waals surface area contributed by atoms with Gasteiger partial charge in [-0.1, -0.05) is 5.92 Å². The lowest BCUT2D eigenvalue weighted by atomic mass is 10.0. The average molecular weight is 380 g/mol. The predicted octanol–water partition coefficient (Wildman–Crippen LogP) is 3.31. The van der Waals surface area contributed by atoms with Crippen molar-refractivity contribution in [1.29, 1.82) is 0 Å². The summed E-state index contributed by atoms with van der Waals surface area (Å²) in [6, 6.07) is 8.13. The SMILES string of the molecule is C#Cc1cc(C)c(-c2ccc(NC3CCCN(C)C3)nn2)c(OCOCC)c1. The number of likely N-dealkylation sites (tertiary alicyclic amines) is 1. The summed E-state index contributed by atoms with van der Waals surface area (Å²) in [5.41, 5.74) is 3.39. The number of aryl methyl sites for hydroxylation is 1. The number of nitrogens with one attached hydrogen (secondary N) is 1. The first-order valence-corrected chi connectivity index (χ1v) is 9.71. The van der Waals surface area contributed by atoms with E-state index >= 15 is 0 Å². The Morgan fingerprint density at radius 1 is 1.32 bits per heavy atom. The number of ether oxygens (including phenoxy) is 2. The zero-order valence-electron chi connectivity index (χ0n) is 16.9. The number of hydrogen-bond donors (Lipinski definition) is 1. The van der Waals surface area contributed by atoms with Crippen molar-refractivity contribution < 1.29 is 9.47 Å². The van der Waals surface area contributed by atoms with Crippen LogP contribution < -0.4 is 10.1 Å². The van der Waals surface area contributed by atoms with Crippen LogP contribution in [0.3, 0.4) is 0 Å². The van der Waals surface area contributed by atoms with Crippen LogP contribution in [-0.2, 0) is 4.74 Å². The largest absolute Gasteiger partial charge is 0.467 e. The molecule has 6 nitrogen and oxygen atoms in total. The van der Waals surface area contributed by atoms with Crippen molar-refractivity contribution in [1.82, 2.24) is 15.1 Å². The molecule has 0 radical (unpaired) electrons. The molecular weight excluding hydrogens is 352 g/mol. The van der Waals surface area contributed by atoms with Gasteiger partial charge in [-0.25, -0.2) is 0 Å². The van der Waals surface area contributed by atoms with Crippen molar-refractivity contribution >= 4 is 5.82 Å². The number of terminal acetylenes is 1. The van der Waals surface area contributed by atoms with E-state index in [0.29, 0.717) is 18.4 Å². The topological polar surface area (TPSA) is 59.5 Å². The molecular formula is C22H28N4O2. The van der Waals surface area contributed by atoms with Crippen LogP contribution in [0.15, 0.2) is 24.3 Å². The fourth-order valence-corrected chi connectivity index (χ4v) is 3.50. The van der Waals surface area contributed by atoms with E-state index in [0.717, 1.165) is 47.7 Å². The van der Waals surface area contributed by atoms with Crippen LogP contribution in [0, 0.1) is 19.3 Å². The van der Waals surface area contributed by atoms with E-state index in [1.165, 1.54) is 6.42 Å². The van der Waals surface area contributed by atoms with Crippen LogP contribution in [0.5, 0.6) is 5.75 Å². The Kier molecular flexibility index (Phi) is 6.85. The number of aromatic nitrogens is 2. The third-order valence-electron chi connectivity index (χ3n) is 4.87. The Bertz CT molecular complexity index is 830. The van der Waals surface area contributed by atoms with E-state index in [1.54, 1.807) is 0 Å². The molecule has 0 amide bonds. The Morgan fingerprint density at radius 2 is 2.18 bits per heavy atom. The lowest BCUT2D eigenvalue weighted by Crippen LogP contribution is -2.39. The van der Waals surface area contributed by atoms with Gasteiger partial charge in [-0.3, -0.25) is 0 Å². The molecule has 1 aromatic heterocycles. The molecule has 6 heteroatoms. The third kappa shape index (κ3) is 5.00. The number of benzene rings is 1. The summed E-state index contributed by atoms with van der Waals surface area (Å²) in [7, 11) is 2.15. The summed E-state index contributed by atoms with van der Waals surface area (Å²) in [5, 5.41) is 12.3. The minimum absolute atomic E-state index is 0.166. The van der Waals surface area contributed by atoms with Gasteiger partial charge in [-0.15, -0.1) is 16.6 Å².